The first-order valence-electron chi connectivity index (χ1n) is 6.07. The van der Waals surface area contributed by atoms with Crippen molar-refractivity contribution in [3.05, 3.63) is 28.8 Å². The van der Waals surface area contributed by atoms with E-state index in [9.17, 15) is 9.59 Å². The number of anilines is 1. The minimum Gasteiger partial charge on any atom is -0.355 e. The number of nitrogens with two attached hydrogens (primary N) is 1. The molecule has 1 atom stereocenters. The lowest BCUT2D eigenvalue weighted by molar-refractivity contribution is -0.117. The van der Waals surface area contributed by atoms with Crippen LogP contribution in [0.25, 0.3) is 0 Å². The second-order valence-corrected chi connectivity index (χ2v) is 4.57. The van der Waals surface area contributed by atoms with Crippen LogP contribution in [0.3, 0.4) is 0 Å². The van der Waals surface area contributed by atoms with Gasteiger partial charge >= 0.3 is 0 Å². The molecule has 0 radical (unpaired) electrons. The number of nitrogens with one attached hydrogen (secondary N) is 2. The molecule has 4 N–H and O–H groups in total. The fourth-order valence-corrected chi connectivity index (χ4v) is 1.86. The molecule has 0 saturated heterocycles. The Morgan fingerprint density at radius 1 is 1.42 bits per heavy atom. The summed E-state index contributed by atoms with van der Waals surface area (Å²) in [7, 11) is 1.53. The van der Waals surface area contributed by atoms with Crippen LogP contribution in [0.15, 0.2) is 18.2 Å². The number of halogens is 1. The summed E-state index contributed by atoms with van der Waals surface area (Å²) < 4.78 is 0. The molecular weight excluding hydrogens is 266 g/mol. The molecule has 2 amide bonds. The van der Waals surface area contributed by atoms with E-state index in [0.717, 1.165) is 6.42 Å². The van der Waals surface area contributed by atoms with E-state index in [1.54, 1.807) is 12.1 Å². The van der Waals surface area contributed by atoms with Crippen LogP contribution < -0.4 is 16.4 Å². The van der Waals surface area contributed by atoms with Gasteiger partial charge in [0.25, 0.3) is 5.91 Å². The SMILES string of the molecule is CCCC(N)C(=O)Nc1ccc(C(=O)NC)c(Cl)c1. The summed E-state index contributed by atoms with van der Waals surface area (Å²) in [5.74, 6) is -0.531. The average Bonchev–Trinajstić information content (AvgIpc) is 2.38. The normalized spacial score (nSPS) is 11.8. The van der Waals surface area contributed by atoms with E-state index in [2.05, 4.69) is 10.6 Å². The molecule has 1 unspecified atom stereocenters. The number of carbonyl (C=O) groups excluding carboxylic acids is 2. The lowest BCUT2D eigenvalue weighted by Gasteiger charge is -2.12. The van der Waals surface area contributed by atoms with Gasteiger partial charge in [-0.05, 0) is 24.6 Å². The summed E-state index contributed by atoms with van der Waals surface area (Å²) in [5, 5.41) is 5.44. The van der Waals surface area contributed by atoms with Crippen molar-refractivity contribution in [1.29, 1.82) is 0 Å². The van der Waals surface area contributed by atoms with Gasteiger partial charge < -0.3 is 16.4 Å². The quantitative estimate of drug-likeness (QED) is 0.770. The molecule has 0 aromatic heterocycles. The van der Waals surface area contributed by atoms with Crippen molar-refractivity contribution in [3.8, 4) is 0 Å². The first-order chi connectivity index (χ1) is 8.99. The van der Waals surface area contributed by atoms with Gasteiger partial charge in [-0.3, -0.25) is 9.59 Å². The lowest BCUT2D eigenvalue weighted by atomic mass is 10.1. The van der Waals surface area contributed by atoms with Crippen molar-refractivity contribution >= 4 is 29.1 Å². The molecule has 0 bridgehead atoms. The molecule has 6 heteroatoms. The molecule has 0 saturated carbocycles. The highest BCUT2D eigenvalue weighted by molar-refractivity contribution is 6.34. The predicted octanol–water partition coefficient (Wildman–Crippen LogP) is 1.77. The Hall–Kier alpha value is -1.59. The minimum atomic E-state index is -0.539. The Bertz CT molecular complexity index is 477. The highest BCUT2D eigenvalue weighted by atomic mass is 35.5. The van der Waals surface area contributed by atoms with Crippen LogP contribution in [0.4, 0.5) is 5.69 Å². The van der Waals surface area contributed by atoms with E-state index in [1.807, 2.05) is 6.92 Å². The van der Waals surface area contributed by atoms with Crippen LogP contribution >= 0.6 is 11.6 Å². The fourth-order valence-electron chi connectivity index (χ4n) is 1.59. The summed E-state index contributed by atoms with van der Waals surface area (Å²) in [6.45, 7) is 1.96. The molecule has 1 aromatic carbocycles. The molecule has 0 aliphatic rings. The van der Waals surface area contributed by atoms with Crippen molar-refractivity contribution in [2.45, 2.75) is 25.8 Å². The summed E-state index contributed by atoms with van der Waals surface area (Å²) in [6.07, 6.45) is 1.46. The van der Waals surface area contributed by atoms with E-state index < -0.39 is 6.04 Å². The summed E-state index contributed by atoms with van der Waals surface area (Å²) >= 11 is 5.98. The minimum absolute atomic E-state index is 0.259. The second-order valence-electron chi connectivity index (χ2n) is 4.16. The standard InChI is InChI=1S/C13H18ClN3O2/c1-3-4-11(15)13(19)17-8-5-6-9(10(14)7-8)12(18)16-2/h5-7,11H,3-4,15H2,1-2H3,(H,16,18)(H,17,19). The third kappa shape index (κ3) is 4.22. The topological polar surface area (TPSA) is 84.2 Å². The van der Waals surface area contributed by atoms with Crippen molar-refractivity contribution in [1.82, 2.24) is 5.32 Å². The van der Waals surface area contributed by atoms with Gasteiger partial charge in [-0.15, -0.1) is 0 Å². The zero-order chi connectivity index (χ0) is 14.4. The third-order valence-corrected chi connectivity index (χ3v) is 2.96. The van der Waals surface area contributed by atoms with Gasteiger partial charge in [-0.1, -0.05) is 24.9 Å². The summed E-state index contributed by atoms with van der Waals surface area (Å²) in [6, 6.07) is 4.17. The van der Waals surface area contributed by atoms with Crippen molar-refractivity contribution in [2.24, 2.45) is 5.73 Å². The van der Waals surface area contributed by atoms with E-state index in [4.69, 9.17) is 17.3 Å². The number of amides is 2. The maximum Gasteiger partial charge on any atom is 0.252 e. The molecule has 0 heterocycles. The van der Waals surface area contributed by atoms with E-state index in [-0.39, 0.29) is 16.8 Å². The molecular formula is C13H18ClN3O2. The van der Waals surface area contributed by atoms with Crippen molar-refractivity contribution in [2.75, 3.05) is 12.4 Å². The zero-order valence-corrected chi connectivity index (χ0v) is 11.8. The Morgan fingerprint density at radius 3 is 2.63 bits per heavy atom. The molecule has 0 fully saturated rings. The molecule has 0 aliphatic heterocycles. The first kappa shape index (κ1) is 15.5. The van der Waals surface area contributed by atoms with Crippen LogP contribution in [-0.4, -0.2) is 24.9 Å². The summed E-state index contributed by atoms with van der Waals surface area (Å²) in [5.41, 5.74) is 6.59. The van der Waals surface area contributed by atoms with Gasteiger partial charge in [0.2, 0.25) is 5.91 Å². The largest absolute Gasteiger partial charge is 0.355 e. The maximum absolute atomic E-state index is 11.7. The Labute approximate surface area is 117 Å². The van der Waals surface area contributed by atoms with Gasteiger partial charge in [-0.25, -0.2) is 0 Å². The van der Waals surface area contributed by atoms with Gasteiger partial charge in [-0.2, -0.15) is 0 Å². The van der Waals surface area contributed by atoms with Gasteiger partial charge in [0.1, 0.15) is 0 Å². The smallest absolute Gasteiger partial charge is 0.252 e. The van der Waals surface area contributed by atoms with Gasteiger partial charge in [0.05, 0.1) is 16.6 Å². The van der Waals surface area contributed by atoms with E-state index in [0.29, 0.717) is 17.7 Å². The number of carbonyl (C=O) groups is 2. The highest BCUT2D eigenvalue weighted by Gasteiger charge is 2.14. The molecule has 0 aliphatic carbocycles. The lowest BCUT2D eigenvalue weighted by Crippen LogP contribution is -2.35. The predicted molar refractivity (Wildman–Crippen MR) is 76.4 cm³/mol. The second kappa shape index (κ2) is 7.11. The molecule has 5 nitrogen and oxygen atoms in total. The number of hydrogen-bond donors (Lipinski definition) is 3. The Kier molecular flexibility index (Phi) is 5.79. The van der Waals surface area contributed by atoms with Crippen LogP contribution in [0.5, 0.6) is 0 Å². The molecule has 104 valence electrons. The highest BCUT2D eigenvalue weighted by Crippen LogP contribution is 2.21. The monoisotopic (exact) mass is 283 g/mol. The fraction of sp³-hybridized carbons (Fsp3) is 0.385. The third-order valence-electron chi connectivity index (χ3n) is 2.64. The molecule has 1 aromatic rings. The molecule has 0 spiro atoms. The number of benzene rings is 1. The van der Waals surface area contributed by atoms with Gasteiger partial charge in [0, 0.05) is 12.7 Å². The Morgan fingerprint density at radius 2 is 2.11 bits per heavy atom. The van der Waals surface area contributed by atoms with E-state index in [1.165, 1.54) is 13.1 Å². The molecule has 1 rings (SSSR count). The number of rotatable bonds is 5. The van der Waals surface area contributed by atoms with E-state index >= 15 is 0 Å². The van der Waals surface area contributed by atoms with Crippen LogP contribution in [-0.2, 0) is 4.79 Å². The maximum atomic E-state index is 11.7. The summed E-state index contributed by atoms with van der Waals surface area (Å²) in [4.78, 5) is 23.2. The van der Waals surface area contributed by atoms with Crippen LogP contribution in [0.2, 0.25) is 5.02 Å². The zero-order valence-electron chi connectivity index (χ0n) is 11.0. The van der Waals surface area contributed by atoms with Crippen LogP contribution in [0, 0.1) is 0 Å². The Balaban J connectivity index is 2.79. The van der Waals surface area contributed by atoms with Crippen molar-refractivity contribution < 1.29 is 9.59 Å². The van der Waals surface area contributed by atoms with Gasteiger partial charge in [0.15, 0.2) is 0 Å². The molecule has 19 heavy (non-hydrogen) atoms. The first-order valence-corrected chi connectivity index (χ1v) is 6.45. The van der Waals surface area contributed by atoms with Crippen molar-refractivity contribution in [3.63, 3.8) is 0 Å². The number of hydrogen-bond acceptors (Lipinski definition) is 3. The van der Waals surface area contributed by atoms with Crippen LogP contribution in [0.1, 0.15) is 30.1 Å². The average molecular weight is 284 g/mol.